The lowest BCUT2D eigenvalue weighted by atomic mass is 10.3. The van der Waals surface area contributed by atoms with E-state index in [0.29, 0.717) is 5.75 Å². The molecule has 0 spiro atoms. The van der Waals surface area contributed by atoms with Gasteiger partial charge in [-0.2, -0.15) is 9.57 Å². The smallest absolute Gasteiger partial charge is 0.245 e. The van der Waals surface area contributed by atoms with Gasteiger partial charge in [0.1, 0.15) is 10.6 Å². The van der Waals surface area contributed by atoms with Gasteiger partial charge in [-0.1, -0.05) is 0 Å². The standard InChI is InChI=1S/C13H19N3O3S/c1-10(2)16(8-4-7-14)20(17,18)13-6-5-11(19-3)9-12(13)15/h5-6,9-10H,4,8,15H2,1-3H3. The highest BCUT2D eigenvalue weighted by molar-refractivity contribution is 7.89. The number of nitrogens with zero attached hydrogens (tertiary/aromatic N) is 2. The first kappa shape index (κ1) is 16.3. The molecule has 0 aromatic heterocycles. The molecule has 0 amide bonds. The Bertz CT molecular complexity index is 606. The van der Waals surface area contributed by atoms with Gasteiger partial charge in [-0.3, -0.25) is 0 Å². The second-order valence-corrected chi connectivity index (χ2v) is 6.38. The molecule has 0 heterocycles. The maximum absolute atomic E-state index is 12.6. The van der Waals surface area contributed by atoms with Gasteiger partial charge in [0.15, 0.2) is 0 Å². The van der Waals surface area contributed by atoms with E-state index in [4.69, 9.17) is 15.7 Å². The van der Waals surface area contributed by atoms with Crippen LogP contribution in [0.3, 0.4) is 0 Å². The second-order valence-electron chi connectivity index (χ2n) is 4.52. The number of ether oxygens (including phenoxy) is 1. The zero-order valence-corrected chi connectivity index (χ0v) is 12.6. The van der Waals surface area contributed by atoms with Crippen molar-refractivity contribution in [3.05, 3.63) is 18.2 Å². The van der Waals surface area contributed by atoms with E-state index in [0.717, 1.165) is 0 Å². The molecule has 0 aliphatic rings. The fraction of sp³-hybridized carbons (Fsp3) is 0.462. The Kier molecular flexibility index (Phi) is 5.36. The maximum atomic E-state index is 12.6. The minimum Gasteiger partial charge on any atom is -0.497 e. The van der Waals surface area contributed by atoms with Crippen molar-refractivity contribution >= 4 is 15.7 Å². The van der Waals surface area contributed by atoms with Crippen LogP contribution in [0.25, 0.3) is 0 Å². The molecule has 0 saturated carbocycles. The van der Waals surface area contributed by atoms with Gasteiger partial charge in [0.05, 0.1) is 18.9 Å². The summed E-state index contributed by atoms with van der Waals surface area (Å²) in [5.41, 5.74) is 5.93. The number of nitrogens with two attached hydrogens (primary N) is 1. The Morgan fingerprint density at radius 1 is 1.45 bits per heavy atom. The predicted molar refractivity (Wildman–Crippen MR) is 76.7 cm³/mol. The normalized spacial score (nSPS) is 11.6. The van der Waals surface area contributed by atoms with Crippen LogP contribution in [-0.2, 0) is 10.0 Å². The van der Waals surface area contributed by atoms with Gasteiger partial charge in [-0.05, 0) is 26.0 Å². The van der Waals surface area contributed by atoms with Crippen molar-refractivity contribution in [2.75, 3.05) is 19.4 Å². The lowest BCUT2D eigenvalue weighted by Gasteiger charge is -2.25. The molecule has 1 rings (SSSR count). The van der Waals surface area contributed by atoms with Crippen molar-refractivity contribution in [3.63, 3.8) is 0 Å². The summed E-state index contributed by atoms with van der Waals surface area (Å²) in [6.07, 6.45) is 0.132. The third-order valence-corrected chi connectivity index (χ3v) is 4.97. The number of hydrogen-bond donors (Lipinski definition) is 1. The van der Waals surface area contributed by atoms with Crippen LogP contribution in [-0.4, -0.2) is 32.4 Å². The number of hydrogen-bond acceptors (Lipinski definition) is 5. The van der Waals surface area contributed by atoms with Gasteiger partial charge >= 0.3 is 0 Å². The quantitative estimate of drug-likeness (QED) is 0.804. The van der Waals surface area contributed by atoms with E-state index < -0.39 is 10.0 Å². The van der Waals surface area contributed by atoms with Gasteiger partial charge in [-0.15, -0.1) is 0 Å². The minimum atomic E-state index is -3.73. The van der Waals surface area contributed by atoms with Gasteiger partial charge in [-0.25, -0.2) is 8.42 Å². The Labute approximate surface area is 119 Å². The highest BCUT2D eigenvalue weighted by atomic mass is 32.2. The number of benzene rings is 1. The van der Waals surface area contributed by atoms with E-state index in [-0.39, 0.29) is 29.6 Å². The zero-order valence-electron chi connectivity index (χ0n) is 11.8. The Balaban J connectivity index is 3.23. The fourth-order valence-corrected chi connectivity index (χ4v) is 3.57. The molecule has 1 aromatic rings. The van der Waals surface area contributed by atoms with Crippen molar-refractivity contribution in [1.82, 2.24) is 4.31 Å². The molecule has 6 nitrogen and oxygen atoms in total. The van der Waals surface area contributed by atoms with Crippen LogP contribution in [0.2, 0.25) is 0 Å². The summed E-state index contributed by atoms with van der Waals surface area (Å²) in [6.45, 7) is 3.66. The molecule has 0 radical (unpaired) electrons. The molecule has 1 aromatic carbocycles. The van der Waals surface area contributed by atoms with Gasteiger partial charge < -0.3 is 10.5 Å². The van der Waals surface area contributed by atoms with E-state index in [1.165, 1.54) is 23.5 Å². The molecule has 0 bridgehead atoms. The van der Waals surface area contributed by atoms with Crippen LogP contribution in [0.1, 0.15) is 20.3 Å². The van der Waals surface area contributed by atoms with Crippen molar-refractivity contribution in [1.29, 1.82) is 5.26 Å². The summed E-state index contributed by atoms with van der Waals surface area (Å²) in [7, 11) is -2.24. The molecule has 0 aliphatic carbocycles. The third kappa shape index (κ3) is 3.40. The molecule has 7 heteroatoms. The molecular formula is C13H19N3O3S. The molecule has 0 saturated heterocycles. The first-order valence-electron chi connectivity index (χ1n) is 6.17. The number of nitriles is 1. The van der Waals surface area contributed by atoms with E-state index in [1.54, 1.807) is 19.9 Å². The molecule has 0 atom stereocenters. The Morgan fingerprint density at radius 2 is 2.10 bits per heavy atom. The summed E-state index contributed by atoms with van der Waals surface area (Å²) in [4.78, 5) is 0.0324. The topological polar surface area (TPSA) is 96.4 Å². The van der Waals surface area contributed by atoms with Crippen molar-refractivity contribution in [3.8, 4) is 11.8 Å². The summed E-state index contributed by atoms with van der Waals surface area (Å²) in [5.74, 6) is 0.495. The van der Waals surface area contributed by atoms with Crippen molar-refractivity contribution in [2.45, 2.75) is 31.2 Å². The average molecular weight is 297 g/mol. The number of nitrogen functional groups attached to an aromatic ring is 1. The summed E-state index contributed by atoms with van der Waals surface area (Å²) in [6, 6.07) is 6.13. The molecule has 110 valence electrons. The summed E-state index contributed by atoms with van der Waals surface area (Å²) in [5, 5.41) is 8.64. The number of sulfonamides is 1. The SMILES string of the molecule is COc1ccc(S(=O)(=O)N(CCC#N)C(C)C)c(N)c1. The first-order valence-corrected chi connectivity index (χ1v) is 7.61. The molecular weight excluding hydrogens is 278 g/mol. The molecule has 0 unspecified atom stereocenters. The molecule has 2 N–H and O–H groups in total. The van der Waals surface area contributed by atoms with Gasteiger partial charge in [0.2, 0.25) is 10.0 Å². The van der Waals surface area contributed by atoms with Crippen LogP contribution >= 0.6 is 0 Å². The monoisotopic (exact) mass is 297 g/mol. The van der Waals surface area contributed by atoms with Crippen LogP contribution in [0.5, 0.6) is 5.75 Å². The Morgan fingerprint density at radius 3 is 2.55 bits per heavy atom. The highest BCUT2D eigenvalue weighted by Gasteiger charge is 2.28. The number of rotatable bonds is 6. The van der Waals surface area contributed by atoms with E-state index in [1.807, 2.05) is 6.07 Å². The van der Waals surface area contributed by atoms with Crippen molar-refractivity contribution in [2.24, 2.45) is 0 Å². The molecule has 0 fully saturated rings. The van der Waals surface area contributed by atoms with Crippen LogP contribution in [0.4, 0.5) is 5.69 Å². The van der Waals surface area contributed by atoms with Crippen LogP contribution in [0, 0.1) is 11.3 Å². The van der Waals surface area contributed by atoms with Crippen molar-refractivity contribution < 1.29 is 13.2 Å². The maximum Gasteiger partial charge on any atom is 0.245 e. The average Bonchev–Trinajstić information content (AvgIpc) is 2.37. The van der Waals surface area contributed by atoms with E-state index >= 15 is 0 Å². The largest absolute Gasteiger partial charge is 0.497 e. The third-order valence-electron chi connectivity index (χ3n) is 2.82. The lowest BCUT2D eigenvalue weighted by Crippen LogP contribution is -2.37. The molecule has 20 heavy (non-hydrogen) atoms. The van der Waals surface area contributed by atoms with Gasteiger partial charge in [0.25, 0.3) is 0 Å². The zero-order chi connectivity index (χ0) is 15.3. The second kappa shape index (κ2) is 6.59. The first-order chi connectivity index (χ1) is 9.34. The van der Waals surface area contributed by atoms with E-state index in [9.17, 15) is 8.42 Å². The number of methoxy groups -OCH3 is 1. The fourth-order valence-electron chi connectivity index (χ4n) is 1.83. The van der Waals surface area contributed by atoms with Crippen LogP contribution < -0.4 is 10.5 Å². The predicted octanol–water partition coefficient (Wildman–Crippen LogP) is 1.59. The molecule has 0 aliphatic heterocycles. The van der Waals surface area contributed by atoms with E-state index in [2.05, 4.69) is 0 Å². The lowest BCUT2D eigenvalue weighted by molar-refractivity contribution is 0.360. The minimum absolute atomic E-state index is 0.0324. The summed E-state index contributed by atoms with van der Waals surface area (Å²) >= 11 is 0. The van der Waals surface area contributed by atoms with Crippen LogP contribution in [0.15, 0.2) is 23.1 Å². The van der Waals surface area contributed by atoms with Gasteiger partial charge in [0, 0.05) is 25.1 Å². The Hall–Kier alpha value is -1.78. The summed E-state index contributed by atoms with van der Waals surface area (Å²) < 4.78 is 31.5. The highest BCUT2D eigenvalue weighted by Crippen LogP contribution is 2.27. The number of anilines is 1.